The monoisotopic (exact) mass is 379 g/mol. The van der Waals surface area contributed by atoms with Gasteiger partial charge in [-0.05, 0) is 58.4 Å². The van der Waals surface area contributed by atoms with Crippen molar-refractivity contribution in [1.82, 2.24) is 4.90 Å². The first-order chi connectivity index (χ1) is 12.7. The van der Waals surface area contributed by atoms with Crippen molar-refractivity contribution in [3.8, 4) is 5.75 Å². The SMILES string of the molecule is CCOC(=O)c1ccc(OC[C@@H]2C[C@H](OC)CN2C(=O)OC(C)(C)C)cc1. The Morgan fingerprint density at radius 1 is 1.19 bits per heavy atom. The minimum atomic E-state index is -0.559. The van der Waals surface area contributed by atoms with Gasteiger partial charge in [-0.2, -0.15) is 0 Å². The van der Waals surface area contributed by atoms with E-state index in [1.54, 1.807) is 43.2 Å². The van der Waals surface area contributed by atoms with E-state index in [1.165, 1.54) is 0 Å². The quantitative estimate of drug-likeness (QED) is 0.706. The molecule has 0 aliphatic carbocycles. The first-order valence-corrected chi connectivity index (χ1v) is 9.16. The fourth-order valence-corrected chi connectivity index (χ4v) is 2.84. The highest BCUT2D eigenvalue weighted by Gasteiger charge is 2.38. The van der Waals surface area contributed by atoms with Crippen molar-refractivity contribution in [2.24, 2.45) is 0 Å². The lowest BCUT2D eigenvalue weighted by atomic mass is 10.2. The summed E-state index contributed by atoms with van der Waals surface area (Å²) >= 11 is 0. The molecular formula is C20H29NO6. The minimum absolute atomic E-state index is 0.0442. The number of carbonyl (C=O) groups excluding carboxylic acids is 2. The van der Waals surface area contributed by atoms with Gasteiger partial charge in [0.15, 0.2) is 0 Å². The first kappa shape index (κ1) is 21.0. The van der Waals surface area contributed by atoms with E-state index in [9.17, 15) is 9.59 Å². The predicted molar refractivity (Wildman–Crippen MR) is 100 cm³/mol. The standard InChI is InChI=1S/C20H29NO6/c1-6-25-18(22)14-7-9-16(10-8-14)26-13-15-11-17(24-5)12-21(15)19(23)27-20(2,3)4/h7-10,15,17H,6,11-13H2,1-5H3/t15-,17-/m0/s1. The highest BCUT2D eigenvalue weighted by atomic mass is 16.6. The summed E-state index contributed by atoms with van der Waals surface area (Å²) in [4.78, 5) is 25.8. The molecule has 1 fully saturated rings. The van der Waals surface area contributed by atoms with Crippen molar-refractivity contribution in [3.63, 3.8) is 0 Å². The van der Waals surface area contributed by atoms with E-state index in [0.29, 0.717) is 37.5 Å². The number of hydrogen-bond donors (Lipinski definition) is 0. The fourth-order valence-electron chi connectivity index (χ4n) is 2.84. The van der Waals surface area contributed by atoms with Crippen LogP contribution in [-0.4, -0.2) is 61.6 Å². The third kappa shape index (κ3) is 6.13. The summed E-state index contributed by atoms with van der Waals surface area (Å²) < 4.78 is 21.7. The van der Waals surface area contributed by atoms with Crippen LogP contribution in [0, 0.1) is 0 Å². The van der Waals surface area contributed by atoms with Gasteiger partial charge in [0.25, 0.3) is 0 Å². The fraction of sp³-hybridized carbons (Fsp3) is 0.600. The molecule has 2 atom stereocenters. The van der Waals surface area contributed by atoms with Gasteiger partial charge in [0.05, 0.1) is 30.9 Å². The highest BCUT2D eigenvalue weighted by Crippen LogP contribution is 2.24. The van der Waals surface area contributed by atoms with Gasteiger partial charge in [0.1, 0.15) is 18.0 Å². The summed E-state index contributed by atoms with van der Waals surface area (Å²) in [6.07, 6.45) is 0.266. The summed E-state index contributed by atoms with van der Waals surface area (Å²) in [7, 11) is 1.63. The zero-order chi connectivity index (χ0) is 20.0. The number of methoxy groups -OCH3 is 1. The Labute approximate surface area is 160 Å². The Bertz CT molecular complexity index is 637. The summed E-state index contributed by atoms with van der Waals surface area (Å²) in [6.45, 7) is 8.40. The Kier molecular flexibility index (Phi) is 7.07. The molecule has 1 aliphatic rings. The molecule has 1 amide bonds. The summed E-state index contributed by atoms with van der Waals surface area (Å²) in [5.74, 6) is 0.256. The maximum Gasteiger partial charge on any atom is 0.410 e. The molecule has 27 heavy (non-hydrogen) atoms. The lowest BCUT2D eigenvalue weighted by Gasteiger charge is -2.28. The van der Waals surface area contributed by atoms with Gasteiger partial charge in [-0.1, -0.05) is 0 Å². The largest absolute Gasteiger partial charge is 0.491 e. The number of ether oxygens (including phenoxy) is 4. The van der Waals surface area contributed by atoms with E-state index < -0.39 is 5.60 Å². The lowest BCUT2D eigenvalue weighted by molar-refractivity contribution is 0.0163. The van der Waals surface area contributed by atoms with Crippen molar-refractivity contribution in [2.75, 3.05) is 26.9 Å². The molecule has 7 heteroatoms. The molecule has 150 valence electrons. The topological polar surface area (TPSA) is 74.3 Å². The van der Waals surface area contributed by atoms with Crippen molar-refractivity contribution < 1.29 is 28.5 Å². The van der Waals surface area contributed by atoms with Crippen LogP contribution in [0.5, 0.6) is 5.75 Å². The third-order valence-electron chi connectivity index (χ3n) is 4.15. The first-order valence-electron chi connectivity index (χ1n) is 9.16. The molecule has 1 aromatic carbocycles. The van der Waals surface area contributed by atoms with E-state index >= 15 is 0 Å². The van der Waals surface area contributed by atoms with Crippen LogP contribution >= 0.6 is 0 Å². The van der Waals surface area contributed by atoms with E-state index in [4.69, 9.17) is 18.9 Å². The lowest BCUT2D eigenvalue weighted by Crippen LogP contribution is -2.42. The number of esters is 1. The van der Waals surface area contributed by atoms with Crippen LogP contribution in [0.1, 0.15) is 44.5 Å². The molecule has 0 saturated carbocycles. The number of likely N-dealkylation sites (tertiary alicyclic amines) is 1. The highest BCUT2D eigenvalue weighted by molar-refractivity contribution is 5.89. The van der Waals surface area contributed by atoms with Crippen molar-refractivity contribution >= 4 is 12.1 Å². The van der Waals surface area contributed by atoms with Gasteiger partial charge in [-0.25, -0.2) is 9.59 Å². The molecule has 0 N–H and O–H groups in total. The van der Waals surface area contributed by atoms with Crippen molar-refractivity contribution in [3.05, 3.63) is 29.8 Å². The molecule has 0 unspecified atom stereocenters. The minimum Gasteiger partial charge on any atom is -0.491 e. The average Bonchev–Trinajstić information content (AvgIpc) is 3.03. The molecule has 0 aromatic heterocycles. The second-order valence-corrected chi connectivity index (χ2v) is 7.44. The predicted octanol–water partition coefficient (Wildman–Crippen LogP) is 3.27. The van der Waals surface area contributed by atoms with Gasteiger partial charge in [-0.3, -0.25) is 4.90 Å². The maximum atomic E-state index is 12.5. The van der Waals surface area contributed by atoms with Crippen LogP contribution < -0.4 is 4.74 Å². The molecule has 1 aliphatic heterocycles. The summed E-state index contributed by atoms with van der Waals surface area (Å²) in [6, 6.07) is 6.60. The van der Waals surface area contributed by atoms with Crippen LogP contribution in [0.2, 0.25) is 0 Å². The zero-order valence-electron chi connectivity index (χ0n) is 16.7. The van der Waals surface area contributed by atoms with Crippen LogP contribution in [0.4, 0.5) is 4.79 Å². The molecule has 2 rings (SSSR count). The number of benzene rings is 1. The van der Waals surface area contributed by atoms with Crippen molar-refractivity contribution in [2.45, 2.75) is 51.9 Å². The number of rotatable bonds is 6. The number of carbonyl (C=O) groups is 2. The van der Waals surface area contributed by atoms with Crippen molar-refractivity contribution in [1.29, 1.82) is 0 Å². The second kappa shape index (κ2) is 9.08. The molecule has 0 spiro atoms. The third-order valence-corrected chi connectivity index (χ3v) is 4.15. The Balaban J connectivity index is 1.97. The number of nitrogens with zero attached hydrogens (tertiary/aromatic N) is 1. The molecule has 0 radical (unpaired) electrons. The molecule has 1 heterocycles. The van der Waals surface area contributed by atoms with Gasteiger partial charge >= 0.3 is 12.1 Å². The van der Waals surface area contributed by atoms with E-state index in [2.05, 4.69) is 0 Å². The zero-order valence-corrected chi connectivity index (χ0v) is 16.7. The normalized spacial score (nSPS) is 19.7. The maximum absolute atomic E-state index is 12.5. The average molecular weight is 379 g/mol. The second-order valence-electron chi connectivity index (χ2n) is 7.44. The number of hydrogen-bond acceptors (Lipinski definition) is 6. The van der Waals surface area contributed by atoms with Crippen LogP contribution in [-0.2, 0) is 14.2 Å². The van der Waals surface area contributed by atoms with E-state index in [0.717, 1.165) is 0 Å². The number of amides is 1. The molecule has 0 bridgehead atoms. The van der Waals surface area contributed by atoms with E-state index in [1.807, 2.05) is 20.8 Å². The van der Waals surface area contributed by atoms with Gasteiger partial charge in [-0.15, -0.1) is 0 Å². The van der Waals surface area contributed by atoms with Gasteiger partial charge in [0, 0.05) is 7.11 Å². The Morgan fingerprint density at radius 3 is 2.41 bits per heavy atom. The molecule has 1 saturated heterocycles. The van der Waals surface area contributed by atoms with Gasteiger partial charge in [0.2, 0.25) is 0 Å². The van der Waals surface area contributed by atoms with Crippen LogP contribution in [0.15, 0.2) is 24.3 Å². The molecule has 1 aromatic rings. The molecular weight excluding hydrogens is 350 g/mol. The van der Waals surface area contributed by atoms with Crippen LogP contribution in [0.25, 0.3) is 0 Å². The summed E-state index contributed by atoms with van der Waals surface area (Å²) in [5, 5.41) is 0. The Morgan fingerprint density at radius 2 is 1.85 bits per heavy atom. The van der Waals surface area contributed by atoms with E-state index in [-0.39, 0.29) is 24.2 Å². The molecule has 7 nitrogen and oxygen atoms in total. The summed E-state index contributed by atoms with van der Waals surface area (Å²) in [5.41, 5.74) is -0.0868. The smallest absolute Gasteiger partial charge is 0.410 e. The van der Waals surface area contributed by atoms with Crippen LogP contribution in [0.3, 0.4) is 0 Å². The van der Waals surface area contributed by atoms with Gasteiger partial charge < -0.3 is 18.9 Å². The Hall–Kier alpha value is -2.28.